The van der Waals surface area contributed by atoms with E-state index in [0.29, 0.717) is 12.0 Å². The second kappa shape index (κ2) is 3.74. The third kappa shape index (κ3) is 2.07. The van der Waals surface area contributed by atoms with Crippen LogP contribution in [0.25, 0.3) is 0 Å². The molecule has 2 heteroatoms. The van der Waals surface area contributed by atoms with Crippen LogP contribution in [0.15, 0.2) is 0 Å². The topological polar surface area (TPSA) is 29.3 Å². The van der Waals surface area contributed by atoms with Crippen molar-refractivity contribution in [1.29, 1.82) is 0 Å². The van der Waals surface area contributed by atoms with Crippen LogP contribution in [-0.2, 0) is 0 Å². The molecule has 15 heavy (non-hydrogen) atoms. The normalized spacial score (nSPS) is 38.6. The molecule has 2 atom stereocenters. The first-order chi connectivity index (χ1) is 7.25. The van der Waals surface area contributed by atoms with Gasteiger partial charge in [-0.15, -0.1) is 0 Å². The molecule has 1 heterocycles. The van der Waals surface area contributed by atoms with Gasteiger partial charge in [-0.3, -0.25) is 4.90 Å². The van der Waals surface area contributed by atoms with Crippen LogP contribution < -0.4 is 5.73 Å². The summed E-state index contributed by atoms with van der Waals surface area (Å²) in [7, 11) is 0. The van der Waals surface area contributed by atoms with E-state index in [2.05, 4.69) is 11.8 Å². The minimum atomic E-state index is 0.459. The molecule has 2 aliphatic carbocycles. The van der Waals surface area contributed by atoms with Gasteiger partial charge in [0.15, 0.2) is 0 Å². The molecule has 0 amide bonds. The Labute approximate surface area is 93.2 Å². The summed E-state index contributed by atoms with van der Waals surface area (Å²) >= 11 is 0. The Morgan fingerprint density at radius 2 is 1.67 bits per heavy atom. The highest BCUT2D eigenvalue weighted by molar-refractivity contribution is 4.99. The van der Waals surface area contributed by atoms with Crippen LogP contribution in [-0.4, -0.2) is 30.1 Å². The number of nitrogens with two attached hydrogens (primary N) is 1. The van der Waals surface area contributed by atoms with Gasteiger partial charge >= 0.3 is 0 Å². The fourth-order valence-electron chi connectivity index (χ4n) is 3.32. The zero-order valence-electron chi connectivity index (χ0n) is 9.86. The van der Waals surface area contributed by atoms with Gasteiger partial charge in [-0.25, -0.2) is 0 Å². The van der Waals surface area contributed by atoms with Gasteiger partial charge in [-0.2, -0.15) is 0 Å². The summed E-state index contributed by atoms with van der Waals surface area (Å²) in [6.45, 7) is 4.86. The van der Waals surface area contributed by atoms with Crippen LogP contribution in [0.2, 0.25) is 0 Å². The number of likely N-dealkylation sites (tertiary alicyclic amines) is 1. The minimum absolute atomic E-state index is 0.459. The summed E-state index contributed by atoms with van der Waals surface area (Å²) < 4.78 is 0. The lowest BCUT2D eigenvalue weighted by atomic mass is 9.92. The predicted octanol–water partition coefficient (Wildman–Crippen LogP) is 1.84. The standard InChI is InChI=1S/C13H24N2/c1-9-8-15(7-6-12(9)14)13(10-2-3-10)11-4-5-11/h9-13H,2-8,14H2,1H3. The van der Waals surface area contributed by atoms with Crippen molar-refractivity contribution in [3.05, 3.63) is 0 Å². The average Bonchev–Trinajstić information content (AvgIpc) is 3.04. The molecule has 0 spiro atoms. The van der Waals surface area contributed by atoms with E-state index < -0.39 is 0 Å². The predicted molar refractivity (Wildman–Crippen MR) is 62.6 cm³/mol. The highest BCUT2D eigenvalue weighted by Crippen LogP contribution is 2.47. The van der Waals surface area contributed by atoms with Gasteiger partial charge in [0.05, 0.1) is 0 Å². The molecule has 3 aliphatic rings. The Kier molecular flexibility index (Phi) is 2.52. The molecule has 86 valence electrons. The van der Waals surface area contributed by atoms with E-state index in [1.165, 1.54) is 45.2 Å². The first-order valence-corrected chi connectivity index (χ1v) is 6.75. The minimum Gasteiger partial charge on any atom is -0.327 e. The van der Waals surface area contributed by atoms with Crippen molar-refractivity contribution < 1.29 is 0 Å². The van der Waals surface area contributed by atoms with Crippen molar-refractivity contribution in [1.82, 2.24) is 4.90 Å². The zero-order valence-corrected chi connectivity index (χ0v) is 9.86. The molecule has 0 aromatic heterocycles. The van der Waals surface area contributed by atoms with Gasteiger partial charge in [-0.1, -0.05) is 6.92 Å². The van der Waals surface area contributed by atoms with Crippen molar-refractivity contribution >= 4 is 0 Å². The van der Waals surface area contributed by atoms with Crippen LogP contribution in [0, 0.1) is 17.8 Å². The number of hydrogen-bond acceptors (Lipinski definition) is 2. The lowest BCUT2D eigenvalue weighted by Gasteiger charge is -2.40. The molecule has 2 unspecified atom stereocenters. The molecular weight excluding hydrogens is 184 g/mol. The fraction of sp³-hybridized carbons (Fsp3) is 1.00. The lowest BCUT2D eigenvalue weighted by Crippen LogP contribution is -2.51. The summed E-state index contributed by atoms with van der Waals surface area (Å²) in [6, 6.07) is 1.40. The van der Waals surface area contributed by atoms with Gasteiger partial charge < -0.3 is 5.73 Å². The van der Waals surface area contributed by atoms with Gasteiger partial charge in [0.1, 0.15) is 0 Å². The van der Waals surface area contributed by atoms with Crippen molar-refractivity contribution in [2.75, 3.05) is 13.1 Å². The molecule has 2 nitrogen and oxygen atoms in total. The van der Waals surface area contributed by atoms with Crippen LogP contribution in [0.4, 0.5) is 0 Å². The number of piperidine rings is 1. The van der Waals surface area contributed by atoms with Crippen LogP contribution >= 0.6 is 0 Å². The molecule has 1 saturated heterocycles. The molecule has 2 N–H and O–H groups in total. The zero-order chi connectivity index (χ0) is 10.4. The second-order valence-electron chi connectivity index (χ2n) is 6.09. The van der Waals surface area contributed by atoms with E-state index in [0.717, 1.165) is 17.9 Å². The van der Waals surface area contributed by atoms with Gasteiger partial charge in [-0.05, 0) is 56.4 Å². The number of nitrogens with zero attached hydrogens (tertiary/aromatic N) is 1. The Morgan fingerprint density at radius 3 is 2.13 bits per heavy atom. The first-order valence-electron chi connectivity index (χ1n) is 6.75. The summed E-state index contributed by atoms with van der Waals surface area (Å²) in [4.78, 5) is 2.78. The molecule has 3 fully saturated rings. The number of hydrogen-bond donors (Lipinski definition) is 1. The Morgan fingerprint density at radius 1 is 1.07 bits per heavy atom. The third-order valence-electron chi connectivity index (χ3n) is 4.63. The highest BCUT2D eigenvalue weighted by Gasteiger charge is 2.45. The summed E-state index contributed by atoms with van der Waals surface area (Å²) in [6.07, 6.45) is 7.21. The smallest absolute Gasteiger partial charge is 0.0152 e. The maximum absolute atomic E-state index is 6.10. The molecule has 0 aromatic rings. The van der Waals surface area contributed by atoms with Gasteiger partial charge in [0.2, 0.25) is 0 Å². The quantitative estimate of drug-likeness (QED) is 0.767. The second-order valence-corrected chi connectivity index (χ2v) is 6.09. The Bertz CT molecular complexity index is 221. The van der Waals surface area contributed by atoms with E-state index in [9.17, 15) is 0 Å². The largest absolute Gasteiger partial charge is 0.327 e. The molecule has 3 rings (SSSR count). The summed E-state index contributed by atoms with van der Waals surface area (Å²) in [5.41, 5.74) is 6.10. The molecule has 0 radical (unpaired) electrons. The van der Waals surface area contributed by atoms with E-state index in [1.54, 1.807) is 0 Å². The van der Waals surface area contributed by atoms with E-state index >= 15 is 0 Å². The highest BCUT2D eigenvalue weighted by atomic mass is 15.2. The first kappa shape index (κ1) is 10.1. The Hall–Kier alpha value is -0.0800. The van der Waals surface area contributed by atoms with Gasteiger partial charge in [0.25, 0.3) is 0 Å². The molecule has 2 saturated carbocycles. The molecule has 0 aromatic carbocycles. The van der Waals surface area contributed by atoms with Crippen LogP contribution in [0.3, 0.4) is 0 Å². The average molecular weight is 208 g/mol. The summed E-state index contributed by atoms with van der Waals surface area (Å²) in [5, 5.41) is 0. The molecular formula is C13H24N2. The monoisotopic (exact) mass is 208 g/mol. The van der Waals surface area contributed by atoms with Crippen molar-refractivity contribution in [2.24, 2.45) is 23.5 Å². The third-order valence-corrected chi connectivity index (χ3v) is 4.63. The lowest BCUT2D eigenvalue weighted by molar-refractivity contribution is 0.0909. The maximum Gasteiger partial charge on any atom is 0.0152 e. The van der Waals surface area contributed by atoms with Crippen molar-refractivity contribution in [2.45, 2.75) is 51.1 Å². The fourth-order valence-corrected chi connectivity index (χ4v) is 3.32. The van der Waals surface area contributed by atoms with E-state index in [1.807, 2.05) is 0 Å². The van der Waals surface area contributed by atoms with Gasteiger partial charge in [0, 0.05) is 18.6 Å². The van der Waals surface area contributed by atoms with Crippen molar-refractivity contribution in [3.8, 4) is 0 Å². The van der Waals surface area contributed by atoms with E-state index in [-0.39, 0.29) is 0 Å². The SMILES string of the molecule is CC1CN(C(C2CC2)C2CC2)CCC1N. The van der Waals surface area contributed by atoms with Crippen molar-refractivity contribution in [3.63, 3.8) is 0 Å². The number of rotatable bonds is 3. The molecule has 0 bridgehead atoms. The maximum atomic E-state index is 6.10. The molecule has 1 aliphatic heterocycles. The van der Waals surface area contributed by atoms with Crippen LogP contribution in [0.5, 0.6) is 0 Å². The Balaban J connectivity index is 1.64. The van der Waals surface area contributed by atoms with E-state index in [4.69, 9.17) is 5.73 Å². The van der Waals surface area contributed by atoms with Crippen LogP contribution in [0.1, 0.15) is 39.0 Å². The summed E-state index contributed by atoms with van der Waals surface area (Å²) in [5.74, 6) is 2.82.